The summed E-state index contributed by atoms with van der Waals surface area (Å²) in [5.74, 6) is -0.315. The van der Waals surface area contributed by atoms with Crippen LogP contribution >= 0.6 is 11.6 Å². The Morgan fingerprint density at radius 3 is 2.60 bits per heavy atom. The van der Waals surface area contributed by atoms with Gasteiger partial charge in [-0.05, 0) is 61.0 Å². The molecule has 0 radical (unpaired) electrons. The van der Waals surface area contributed by atoms with Crippen molar-refractivity contribution < 1.29 is 27.1 Å². The number of nitrogens with one attached hydrogen (secondary N) is 2. The lowest BCUT2D eigenvalue weighted by atomic mass is 10.2. The average Bonchev–Trinajstić information content (AvgIpc) is 3.37. The van der Waals surface area contributed by atoms with Gasteiger partial charge in [0.1, 0.15) is 30.3 Å². The molecule has 0 aliphatic heterocycles. The van der Waals surface area contributed by atoms with Crippen LogP contribution in [0.1, 0.15) is 18.1 Å². The lowest BCUT2D eigenvalue weighted by Gasteiger charge is -2.13. The average molecular weight is 596 g/mol. The standard InChI is InChI=1S/C30H22ClF4N5O2/c1-17(2)29(41)39-26-14-40(13-23(26)30(33,34)35)21-7-8-25-22(12-21)28(37-16-36-25)38-20-6-9-27(24(31)11-20)42-15-18-4-3-5-19(32)10-18/h3-14,16H,1,15H2,2H3,(H,39,41)(H,36,37,38). The molecule has 7 nitrogen and oxygen atoms in total. The number of aromatic nitrogens is 3. The van der Waals surface area contributed by atoms with Crippen LogP contribution in [-0.2, 0) is 17.6 Å². The Hall–Kier alpha value is -4.90. The van der Waals surface area contributed by atoms with Crippen molar-refractivity contribution in [2.45, 2.75) is 19.7 Å². The first-order chi connectivity index (χ1) is 20.0. The van der Waals surface area contributed by atoms with Crippen molar-refractivity contribution in [3.05, 3.63) is 114 Å². The number of hydrogen-bond acceptors (Lipinski definition) is 5. The molecule has 5 rings (SSSR count). The number of anilines is 3. The van der Waals surface area contributed by atoms with E-state index in [1.807, 2.05) is 0 Å². The highest BCUT2D eigenvalue weighted by Crippen LogP contribution is 2.37. The highest BCUT2D eigenvalue weighted by molar-refractivity contribution is 6.32. The van der Waals surface area contributed by atoms with Crippen LogP contribution in [0.4, 0.5) is 34.8 Å². The smallest absolute Gasteiger partial charge is 0.419 e. The predicted octanol–water partition coefficient (Wildman–Crippen LogP) is 8.07. The van der Waals surface area contributed by atoms with Gasteiger partial charge in [-0.15, -0.1) is 0 Å². The number of carbonyl (C=O) groups is 1. The van der Waals surface area contributed by atoms with E-state index in [0.717, 1.165) is 6.20 Å². The van der Waals surface area contributed by atoms with E-state index in [0.29, 0.717) is 44.4 Å². The van der Waals surface area contributed by atoms with E-state index >= 15 is 0 Å². The molecule has 0 atom stereocenters. The normalized spacial score (nSPS) is 11.4. The van der Waals surface area contributed by atoms with Gasteiger partial charge >= 0.3 is 6.18 Å². The first-order valence-electron chi connectivity index (χ1n) is 12.4. The molecule has 12 heteroatoms. The van der Waals surface area contributed by atoms with Crippen LogP contribution in [0, 0.1) is 5.82 Å². The Labute approximate surface area is 242 Å². The third kappa shape index (κ3) is 6.36. The maximum absolute atomic E-state index is 13.7. The van der Waals surface area contributed by atoms with Gasteiger partial charge < -0.3 is 19.9 Å². The first kappa shape index (κ1) is 28.6. The summed E-state index contributed by atoms with van der Waals surface area (Å²) in [7, 11) is 0. The number of amides is 1. The van der Waals surface area contributed by atoms with Crippen LogP contribution in [0.3, 0.4) is 0 Å². The van der Waals surface area contributed by atoms with Gasteiger partial charge in [0.05, 0.1) is 21.8 Å². The highest BCUT2D eigenvalue weighted by Gasteiger charge is 2.36. The van der Waals surface area contributed by atoms with E-state index in [1.165, 1.54) is 36.1 Å². The summed E-state index contributed by atoms with van der Waals surface area (Å²) in [6.45, 7) is 5.00. The fourth-order valence-corrected chi connectivity index (χ4v) is 4.32. The molecule has 5 aromatic rings. The summed E-state index contributed by atoms with van der Waals surface area (Å²) < 4.78 is 61.7. The third-order valence-electron chi connectivity index (χ3n) is 6.16. The molecule has 0 saturated heterocycles. The number of carbonyl (C=O) groups excluding carboxylic acids is 1. The van der Waals surface area contributed by atoms with Crippen molar-refractivity contribution in [2.24, 2.45) is 0 Å². The minimum Gasteiger partial charge on any atom is -0.487 e. The number of alkyl halides is 3. The quantitative estimate of drug-likeness (QED) is 0.140. The van der Waals surface area contributed by atoms with E-state index in [9.17, 15) is 22.4 Å². The Balaban J connectivity index is 1.42. The molecule has 1 amide bonds. The van der Waals surface area contributed by atoms with Gasteiger partial charge in [0.25, 0.3) is 5.91 Å². The molecule has 0 saturated carbocycles. The van der Waals surface area contributed by atoms with Crippen molar-refractivity contribution in [3.8, 4) is 11.4 Å². The van der Waals surface area contributed by atoms with Gasteiger partial charge in [-0.25, -0.2) is 14.4 Å². The molecule has 0 fully saturated rings. The topological polar surface area (TPSA) is 81.1 Å². The van der Waals surface area contributed by atoms with E-state index in [4.69, 9.17) is 16.3 Å². The Morgan fingerprint density at radius 1 is 1.07 bits per heavy atom. The van der Waals surface area contributed by atoms with Crippen molar-refractivity contribution in [1.29, 1.82) is 0 Å². The molecule has 2 N–H and O–H groups in total. The van der Waals surface area contributed by atoms with E-state index < -0.39 is 23.3 Å². The maximum Gasteiger partial charge on any atom is 0.419 e. The summed E-state index contributed by atoms with van der Waals surface area (Å²) in [4.78, 5) is 20.6. The van der Waals surface area contributed by atoms with Crippen molar-refractivity contribution in [1.82, 2.24) is 14.5 Å². The van der Waals surface area contributed by atoms with Crippen LogP contribution in [-0.4, -0.2) is 20.4 Å². The molecular formula is C30H22ClF4N5O2. The number of rotatable bonds is 8. The molecule has 0 unspecified atom stereocenters. The summed E-state index contributed by atoms with van der Waals surface area (Å²) >= 11 is 6.42. The Bertz CT molecular complexity index is 1820. The largest absolute Gasteiger partial charge is 0.487 e. The SMILES string of the molecule is C=C(C)C(=O)Nc1cn(-c2ccc3ncnc(Nc4ccc(OCc5cccc(F)c5)c(Cl)c4)c3c2)cc1C(F)(F)F. The number of benzene rings is 3. The van der Waals surface area contributed by atoms with Gasteiger partial charge in [-0.2, -0.15) is 13.2 Å². The van der Waals surface area contributed by atoms with Crippen LogP contribution in [0.25, 0.3) is 16.6 Å². The summed E-state index contributed by atoms with van der Waals surface area (Å²) in [6.07, 6.45) is -1.27. The molecule has 2 aromatic heterocycles. The van der Waals surface area contributed by atoms with Gasteiger partial charge in [0, 0.05) is 34.7 Å². The second-order valence-electron chi connectivity index (χ2n) is 9.34. The lowest BCUT2D eigenvalue weighted by molar-refractivity contribution is -0.136. The lowest BCUT2D eigenvalue weighted by Crippen LogP contribution is -2.15. The van der Waals surface area contributed by atoms with E-state index in [-0.39, 0.29) is 18.0 Å². The second kappa shape index (κ2) is 11.5. The highest BCUT2D eigenvalue weighted by atomic mass is 35.5. The minimum absolute atomic E-state index is 0.0701. The molecule has 0 aliphatic rings. The number of nitrogens with zero attached hydrogens (tertiary/aromatic N) is 3. The monoisotopic (exact) mass is 595 g/mol. The molecule has 214 valence electrons. The van der Waals surface area contributed by atoms with Crippen LogP contribution in [0.15, 0.2) is 91.5 Å². The third-order valence-corrected chi connectivity index (χ3v) is 6.46. The molecule has 0 aliphatic carbocycles. The van der Waals surface area contributed by atoms with Crippen LogP contribution in [0.2, 0.25) is 5.02 Å². The van der Waals surface area contributed by atoms with Gasteiger partial charge in [-0.1, -0.05) is 30.3 Å². The van der Waals surface area contributed by atoms with E-state index in [1.54, 1.807) is 48.5 Å². The molecular weight excluding hydrogens is 574 g/mol. The Kier molecular flexibility index (Phi) is 7.86. The minimum atomic E-state index is -4.71. The number of hydrogen-bond donors (Lipinski definition) is 2. The number of halogens is 5. The van der Waals surface area contributed by atoms with Crippen molar-refractivity contribution in [2.75, 3.05) is 10.6 Å². The maximum atomic E-state index is 13.7. The van der Waals surface area contributed by atoms with Gasteiger partial charge in [-0.3, -0.25) is 4.79 Å². The van der Waals surface area contributed by atoms with Crippen LogP contribution in [0.5, 0.6) is 5.75 Å². The zero-order valence-electron chi connectivity index (χ0n) is 22.0. The van der Waals surface area contributed by atoms with Gasteiger partial charge in [0.15, 0.2) is 0 Å². The summed E-state index contributed by atoms with van der Waals surface area (Å²) in [6, 6.07) is 15.9. The second-order valence-corrected chi connectivity index (χ2v) is 9.74. The molecule has 0 spiro atoms. The zero-order chi connectivity index (χ0) is 30.0. The molecule has 0 bridgehead atoms. The first-order valence-corrected chi connectivity index (χ1v) is 12.8. The molecule has 2 heterocycles. The summed E-state index contributed by atoms with van der Waals surface area (Å²) in [5, 5.41) is 6.24. The van der Waals surface area contributed by atoms with E-state index in [2.05, 4.69) is 27.2 Å². The van der Waals surface area contributed by atoms with Crippen molar-refractivity contribution >= 4 is 45.6 Å². The Morgan fingerprint density at radius 2 is 1.88 bits per heavy atom. The van der Waals surface area contributed by atoms with Gasteiger partial charge in [0.2, 0.25) is 0 Å². The van der Waals surface area contributed by atoms with Crippen molar-refractivity contribution in [3.63, 3.8) is 0 Å². The number of ether oxygens (including phenoxy) is 1. The predicted molar refractivity (Wildman–Crippen MR) is 153 cm³/mol. The fourth-order valence-electron chi connectivity index (χ4n) is 4.08. The number of fused-ring (bicyclic) bond motifs is 1. The molecule has 3 aromatic carbocycles. The zero-order valence-corrected chi connectivity index (χ0v) is 22.7. The van der Waals surface area contributed by atoms with Crippen LogP contribution < -0.4 is 15.4 Å². The fraction of sp³-hybridized carbons (Fsp3) is 0.100. The summed E-state index contributed by atoms with van der Waals surface area (Å²) in [5.41, 5.74) is 0.792. The molecule has 42 heavy (non-hydrogen) atoms.